The first kappa shape index (κ1) is 17.4. The maximum absolute atomic E-state index is 11.5. The quantitative estimate of drug-likeness (QED) is 0.392. The van der Waals surface area contributed by atoms with Gasteiger partial charge in [-0.3, -0.25) is 4.79 Å². The number of ether oxygens (including phenoxy) is 1. The minimum Gasteiger partial charge on any atom is -0.493 e. The van der Waals surface area contributed by atoms with Gasteiger partial charge in [0.05, 0.1) is 5.25 Å². The normalized spacial score (nSPS) is 19.8. The monoisotopic (exact) mass is 296 g/mol. The van der Waals surface area contributed by atoms with Gasteiger partial charge in [0, 0.05) is 6.08 Å². The van der Waals surface area contributed by atoms with Crippen LogP contribution in [-0.2, 0) is 9.53 Å². The molecule has 1 rings (SSSR count). The van der Waals surface area contributed by atoms with Crippen molar-refractivity contribution in [1.29, 1.82) is 0 Å². The summed E-state index contributed by atoms with van der Waals surface area (Å²) in [6, 6.07) is 0. The fraction of sp³-hybridized carbons (Fsp3) is 0.706. The van der Waals surface area contributed by atoms with Crippen molar-refractivity contribution in [2.75, 3.05) is 6.61 Å². The fourth-order valence-electron chi connectivity index (χ4n) is 2.48. The maximum Gasteiger partial charge on any atom is 0.216 e. The van der Waals surface area contributed by atoms with Gasteiger partial charge in [-0.2, -0.15) is 0 Å². The van der Waals surface area contributed by atoms with E-state index in [-0.39, 0.29) is 10.4 Å². The molecule has 0 amide bonds. The van der Waals surface area contributed by atoms with Crippen LogP contribution in [0.5, 0.6) is 0 Å². The van der Waals surface area contributed by atoms with Crippen LogP contribution in [0.2, 0.25) is 0 Å². The molecule has 3 heteroatoms. The molecule has 114 valence electrons. The minimum absolute atomic E-state index is 0.129. The van der Waals surface area contributed by atoms with Gasteiger partial charge in [-0.25, -0.2) is 0 Å². The van der Waals surface area contributed by atoms with Crippen molar-refractivity contribution in [2.24, 2.45) is 5.92 Å². The summed E-state index contributed by atoms with van der Waals surface area (Å²) >= 11 is 1.41. The van der Waals surface area contributed by atoms with Crippen molar-refractivity contribution in [3.63, 3.8) is 0 Å². The van der Waals surface area contributed by atoms with Crippen LogP contribution in [0.4, 0.5) is 0 Å². The average Bonchev–Trinajstić information content (AvgIpc) is 2.76. The second-order valence-electron chi connectivity index (χ2n) is 5.62. The van der Waals surface area contributed by atoms with Crippen LogP contribution in [0.15, 0.2) is 24.5 Å². The average molecular weight is 296 g/mol. The number of unbranched alkanes of at least 4 members (excludes halogenated alkanes) is 4. The predicted molar refractivity (Wildman–Crippen MR) is 87.8 cm³/mol. The lowest BCUT2D eigenvalue weighted by molar-refractivity contribution is -0.107. The van der Waals surface area contributed by atoms with Gasteiger partial charge in [-0.15, -0.1) is 0 Å². The van der Waals surface area contributed by atoms with Crippen molar-refractivity contribution in [1.82, 2.24) is 0 Å². The van der Waals surface area contributed by atoms with Gasteiger partial charge in [0.2, 0.25) is 5.12 Å². The van der Waals surface area contributed by atoms with E-state index in [1.165, 1.54) is 50.3 Å². The summed E-state index contributed by atoms with van der Waals surface area (Å²) in [7, 11) is 0. The summed E-state index contributed by atoms with van der Waals surface area (Å²) in [5.74, 6) is 1.49. The molecule has 0 saturated carbocycles. The highest BCUT2D eigenvalue weighted by molar-refractivity contribution is 8.15. The van der Waals surface area contributed by atoms with Crippen molar-refractivity contribution in [3.8, 4) is 0 Å². The van der Waals surface area contributed by atoms with Crippen LogP contribution in [0.3, 0.4) is 0 Å². The highest BCUT2D eigenvalue weighted by Gasteiger charge is 2.28. The lowest BCUT2D eigenvalue weighted by Crippen LogP contribution is -2.11. The Kier molecular flexibility index (Phi) is 8.75. The maximum atomic E-state index is 11.5. The van der Waals surface area contributed by atoms with E-state index < -0.39 is 0 Å². The smallest absolute Gasteiger partial charge is 0.216 e. The number of carbonyl (C=O) groups is 1. The zero-order valence-corrected chi connectivity index (χ0v) is 13.7. The van der Waals surface area contributed by atoms with Crippen LogP contribution in [0.25, 0.3) is 0 Å². The molecule has 0 aromatic rings. The molecule has 0 saturated heterocycles. The van der Waals surface area contributed by atoms with Crippen molar-refractivity contribution in [2.45, 2.75) is 64.0 Å². The lowest BCUT2D eigenvalue weighted by atomic mass is 9.97. The SMILES string of the molecule is C=CCOC1=CC(=O)SC1CC(C)CCCCCCC. The van der Waals surface area contributed by atoms with E-state index in [2.05, 4.69) is 20.4 Å². The van der Waals surface area contributed by atoms with Crippen LogP contribution in [0.1, 0.15) is 58.8 Å². The summed E-state index contributed by atoms with van der Waals surface area (Å²) in [4.78, 5) is 11.5. The molecule has 0 fully saturated rings. The van der Waals surface area contributed by atoms with Gasteiger partial charge in [0.25, 0.3) is 0 Å². The van der Waals surface area contributed by atoms with Crippen LogP contribution >= 0.6 is 11.8 Å². The second kappa shape index (κ2) is 10.1. The number of carbonyl (C=O) groups excluding carboxylic acids is 1. The molecule has 1 aliphatic rings. The van der Waals surface area contributed by atoms with Gasteiger partial charge in [-0.1, -0.05) is 76.8 Å². The number of rotatable bonds is 11. The summed E-state index contributed by atoms with van der Waals surface area (Å²) in [6.07, 6.45) is 12.3. The molecule has 0 N–H and O–H groups in total. The predicted octanol–water partition coefficient (Wildman–Crippen LogP) is 5.10. The van der Waals surface area contributed by atoms with Crippen molar-refractivity contribution < 1.29 is 9.53 Å². The summed E-state index contributed by atoms with van der Waals surface area (Å²) in [5, 5.41) is 0.345. The standard InChI is InChI=1S/C17H28O2S/c1-4-6-7-8-9-10-14(3)12-16-15(19-11-5-2)13-17(18)20-16/h5,13-14,16H,2,4,6-12H2,1,3H3. The largest absolute Gasteiger partial charge is 0.493 e. The molecule has 0 radical (unpaired) electrons. The van der Waals surface area contributed by atoms with E-state index in [1.54, 1.807) is 12.2 Å². The van der Waals surface area contributed by atoms with E-state index >= 15 is 0 Å². The van der Waals surface area contributed by atoms with E-state index in [0.717, 1.165) is 12.2 Å². The van der Waals surface area contributed by atoms with Gasteiger partial charge < -0.3 is 4.74 Å². The molecule has 0 bridgehead atoms. The highest BCUT2D eigenvalue weighted by Crippen LogP contribution is 2.34. The molecule has 20 heavy (non-hydrogen) atoms. The van der Waals surface area contributed by atoms with E-state index in [4.69, 9.17) is 4.74 Å². The summed E-state index contributed by atoms with van der Waals surface area (Å²) in [5.41, 5.74) is 0. The molecule has 0 aromatic heterocycles. The first-order valence-electron chi connectivity index (χ1n) is 7.83. The Balaban J connectivity index is 2.26. The van der Waals surface area contributed by atoms with Gasteiger partial charge in [-0.05, 0) is 12.3 Å². The molecule has 1 aliphatic heterocycles. The first-order valence-corrected chi connectivity index (χ1v) is 8.71. The van der Waals surface area contributed by atoms with Crippen LogP contribution < -0.4 is 0 Å². The zero-order valence-electron chi connectivity index (χ0n) is 12.9. The third-order valence-electron chi connectivity index (χ3n) is 3.62. The Morgan fingerprint density at radius 1 is 1.40 bits per heavy atom. The minimum atomic E-state index is 0.129. The molecular weight excluding hydrogens is 268 g/mol. The van der Waals surface area contributed by atoms with Crippen LogP contribution in [-0.4, -0.2) is 17.0 Å². The molecule has 2 atom stereocenters. The Morgan fingerprint density at radius 3 is 2.85 bits per heavy atom. The Bertz CT molecular complexity index is 336. The molecule has 0 aromatic carbocycles. The molecule has 2 unspecified atom stereocenters. The van der Waals surface area contributed by atoms with Crippen molar-refractivity contribution >= 4 is 16.9 Å². The Morgan fingerprint density at radius 2 is 2.15 bits per heavy atom. The molecule has 0 spiro atoms. The Hall–Kier alpha value is -0.700. The molecular formula is C17H28O2S. The van der Waals surface area contributed by atoms with Crippen molar-refractivity contribution in [3.05, 3.63) is 24.5 Å². The Labute approximate surface area is 128 Å². The van der Waals surface area contributed by atoms with Gasteiger partial charge in [0.15, 0.2) is 0 Å². The second-order valence-corrected chi connectivity index (χ2v) is 6.82. The van der Waals surface area contributed by atoms with Crippen LogP contribution in [0, 0.1) is 5.92 Å². The number of hydrogen-bond donors (Lipinski definition) is 0. The highest BCUT2D eigenvalue weighted by atomic mass is 32.2. The lowest BCUT2D eigenvalue weighted by Gasteiger charge is -2.18. The topological polar surface area (TPSA) is 26.3 Å². The zero-order chi connectivity index (χ0) is 14.8. The van der Waals surface area contributed by atoms with Gasteiger partial charge >= 0.3 is 0 Å². The van der Waals surface area contributed by atoms with E-state index in [9.17, 15) is 4.79 Å². The van der Waals surface area contributed by atoms with E-state index in [1.807, 2.05) is 0 Å². The number of hydrogen-bond acceptors (Lipinski definition) is 3. The van der Waals surface area contributed by atoms with E-state index in [0.29, 0.717) is 12.5 Å². The number of thioether (sulfide) groups is 1. The molecule has 1 heterocycles. The van der Waals surface area contributed by atoms with Gasteiger partial charge in [0.1, 0.15) is 12.4 Å². The first-order chi connectivity index (χ1) is 9.67. The fourth-order valence-corrected chi connectivity index (χ4v) is 3.62. The summed E-state index contributed by atoms with van der Waals surface area (Å²) < 4.78 is 5.59. The third-order valence-corrected chi connectivity index (χ3v) is 4.68. The summed E-state index contributed by atoms with van der Waals surface area (Å²) in [6.45, 7) is 8.67. The third kappa shape index (κ3) is 6.65. The molecule has 0 aliphatic carbocycles. The molecule has 2 nitrogen and oxygen atoms in total.